The van der Waals surface area contributed by atoms with Crippen molar-refractivity contribution in [1.82, 2.24) is 0 Å². The number of hydrogen-bond acceptors (Lipinski definition) is 3. The van der Waals surface area contributed by atoms with E-state index in [9.17, 15) is 19.1 Å². The highest BCUT2D eigenvalue weighted by Gasteiger charge is 2.26. The zero-order valence-corrected chi connectivity index (χ0v) is 12.7. The minimum absolute atomic E-state index is 0.297. The summed E-state index contributed by atoms with van der Waals surface area (Å²) in [7, 11) is 0. The number of anilines is 1. The van der Waals surface area contributed by atoms with E-state index < -0.39 is 23.6 Å². The van der Waals surface area contributed by atoms with Crippen molar-refractivity contribution in [3.63, 3.8) is 0 Å². The summed E-state index contributed by atoms with van der Waals surface area (Å²) in [6.07, 6.45) is -0.386. The Kier molecular flexibility index (Phi) is 5.46. The Hall–Kier alpha value is -2.69. The summed E-state index contributed by atoms with van der Waals surface area (Å²) in [5.41, 5.74) is 1.29. The zero-order valence-electron chi connectivity index (χ0n) is 12.7. The molecule has 0 aliphatic rings. The van der Waals surface area contributed by atoms with Crippen LogP contribution in [-0.2, 0) is 9.59 Å². The molecule has 0 saturated heterocycles. The van der Waals surface area contributed by atoms with Crippen LogP contribution in [0.2, 0.25) is 0 Å². The molecule has 0 spiro atoms. The molecule has 0 fully saturated rings. The predicted molar refractivity (Wildman–Crippen MR) is 83.0 cm³/mol. The van der Waals surface area contributed by atoms with Crippen molar-refractivity contribution >= 4 is 17.6 Å². The smallest absolute Gasteiger partial charge is 0.228 e. The molecule has 1 amide bonds. The molecule has 0 aromatic heterocycles. The van der Waals surface area contributed by atoms with Gasteiger partial charge in [0.25, 0.3) is 0 Å². The summed E-state index contributed by atoms with van der Waals surface area (Å²) in [5, 5.41) is 13.6. The minimum atomic E-state index is -1.29. The van der Waals surface area contributed by atoms with Crippen LogP contribution in [-0.4, -0.2) is 11.9 Å². The molecule has 2 atom stereocenters. The molecule has 4 nitrogen and oxygen atoms in total. The van der Waals surface area contributed by atoms with Crippen LogP contribution in [0.15, 0.2) is 54.6 Å². The maximum atomic E-state index is 12.9. The third-order valence-electron chi connectivity index (χ3n) is 3.76. The highest BCUT2D eigenvalue weighted by atomic mass is 19.1. The number of carbonyl (C=O) groups excluding carboxylic acids is 2. The number of aliphatic carboxylic acids is 1. The first-order chi connectivity index (χ1) is 11.0. The number of rotatable bonds is 6. The lowest BCUT2D eigenvalue weighted by Crippen LogP contribution is -2.34. The van der Waals surface area contributed by atoms with Crippen molar-refractivity contribution in [1.29, 1.82) is 0 Å². The molecule has 0 aliphatic carbocycles. The van der Waals surface area contributed by atoms with Crippen LogP contribution in [0, 0.1) is 11.7 Å². The van der Waals surface area contributed by atoms with E-state index in [2.05, 4.69) is 5.32 Å². The number of hydrogen-bond donors (Lipinski definition) is 1. The number of halogens is 1. The van der Waals surface area contributed by atoms with Gasteiger partial charge in [-0.25, -0.2) is 4.39 Å². The minimum Gasteiger partial charge on any atom is -0.550 e. The Labute approximate surface area is 134 Å². The fraction of sp³-hybridized carbons (Fsp3) is 0.222. The van der Waals surface area contributed by atoms with E-state index in [1.807, 2.05) is 30.3 Å². The molecule has 1 N–H and O–H groups in total. The Bertz CT molecular complexity index is 670. The van der Waals surface area contributed by atoms with Gasteiger partial charge in [-0.15, -0.1) is 0 Å². The predicted octanol–water partition coefficient (Wildman–Crippen LogP) is 2.32. The number of benzene rings is 2. The molecule has 0 radical (unpaired) electrons. The first-order valence-electron chi connectivity index (χ1n) is 7.28. The lowest BCUT2D eigenvalue weighted by Gasteiger charge is -2.24. The summed E-state index contributed by atoms with van der Waals surface area (Å²) in [5.74, 6) is -3.21. The third kappa shape index (κ3) is 4.64. The third-order valence-corrected chi connectivity index (χ3v) is 3.76. The quantitative estimate of drug-likeness (QED) is 0.889. The van der Waals surface area contributed by atoms with Gasteiger partial charge in [0.1, 0.15) is 5.82 Å². The number of nitrogens with one attached hydrogen (secondary N) is 1. The lowest BCUT2D eigenvalue weighted by molar-refractivity contribution is -0.306. The van der Waals surface area contributed by atoms with Gasteiger partial charge in [-0.05, 0) is 42.2 Å². The van der Waals surface area contributed by atoms with Crippen LogP contribution in [0.4, 0.5) is 10.1 Å². The Morgan fingerprint density at radius 1 is 1.09 bits per heavy atom. The molecule has 0 saturated carbocycles. The Morgan fingerprint density at radius 3 is 2.26 bits per heavy atom. The van der Waals surface area contributed by atoms with E-state index in [1.165, 1.54) is 24.3 Å². The average Bonchev–Trinajstić information content (AvgIpc) is 2.54. The topological polar surface area (TPSA) is 69.2 Å². The number of carboxylic acids is 1. The van der Waals surface area contributed by atoms with Gasteiger partial charge in [0, 0.05) is 11.7 Å². The second kappa shape index (κ2) is 7.54. The molecule has 5 heteroatoms. The van der Waals surface area contributed by atoms with E-state index in [-0.39, 0.29) is 12.3 Å². The normalized spacial score (nSPS) is 13.1. The van der Waals surface area contributed by atoms with Crippen LogP contribution >= 0.6 is 0 Å². The van der Waals surface area contributed by atoms with Crippen LogP contribution < -0.4 is 10.4 Å². The second-order valence-electron chi connectivity index (χ2n) is 5.38. The molecule has 0 bridgehead atoms. The zero-order chi connectivity index (χ0) is 16.8. The highest BCUT2D eigenvalue weighted by molar-refractivity contribution is 5.94. The average molecular weight is 314 g/mol. The first-order valence-corrected chi connectivity index (χ1v) is 7.28. The van der Waals surface area contributed by atoms with Crippen LogP contribution in [0.1, 0.15) is 24.8 Å². The van der Waals surface area contributed by atoms with Gasteiger partial charge in [-0.2, -0.15) is 0 Å². The van der Waals surface area contributed by atoms with E-state index in [0.717, 1.165) is 5.56 Å². The summed E-state index contributed by atoms with van der Waals surface area (Å²) >= 11 is 0. The maximum absolute atomic E-state index is 12.9. The van der Waals surface area contributed by atoms with E-state index in [1.54, 1.807) is 6.92 Å². The van der Waals surface area contributed by atoms with Crippen molar-refractivity contribution in [2.24, 2.45) is 5.92 Å². The monoisotopic (exact) mass is 314 g/mol. The van der Waals surface area contributed by atoms with Crippen LogP contribution in [0.3, 0.4) is 0 Å². The molecular weight excluding hydrogens is 297 g/mol. The molecule has 0 aliphatic heterocycles. The van der Waals surface area contributed by atoms with Crippen LogP contribution in [0.25, 0.3) is 0 Å². The van der Waals surface area contributed by atoms with Crippen molar-refractivity contribution < 1.29 is 19.1 Å². The number of carbonyl (C=O) groups is 2. The van der Waals surface area contributed by atoms with Gasteiger partial charge in [0.05, 0.1) is 5.92 Å². The molecule has 0 heterocycles. The van der Waals surface area contributed by atoms with Crippen molar-refractivity contribution in [3.8, 4) is 0 Å². The molecule has 2 aromatic carbocycles. The van der Waals surface area contributed by atoms with Crippen LogP contribution in [0.5, 0.6) is 0 Å². The highest BCUT2D eigenvalue weighted by Crippen LogP contribution is 2.28. The van der Waals surface area contributed by atoms with Gasteiger partial charge in [0.15, 0.2) is 0 Å². The Morgan fingerprint density at radius 2 is 1.70 bits per heavy atom. The molecule has 2 rings (SSSR count). The standard InChI is InChI=1S/C18H18FNO3/c1-12(13-5-3-2-4-6-13)16(11-17(21)22)18(23)20-15-9-7-14(19)8-10-15/h2-10,12,16H,11H2,1H3,(H,20,23)(H,21,22)/p-1/t12-,16-/m1/s1. The molecule has 120 valence electrons. The fourth-order valence-corrected chi connectivity index (χ4v) is 2.43. The Balaban J connectivity index is 2.18. The second-order valence-corrected chi connectivity index (χ2v) is 5.38. The van der Waals surface area contributed by atoms with Crippen molar-refractivity contribution in [2.45, 2.75) is 19.3 Å². The molecule has 0 unspecified atom stereocenters. The van der Waals surface area contributed by atoms with Crippen molar-refractivity contribution in [2.75, 3.05) is 5.32 Å². The fourth-order valence-electron chi connectivity index (χ4n) is 2.43. The number of carboxylic acid groups (broad SMARTS) is 1. The van der Waals surface area contributed by atoms with E-state index in [0.29, 0.717) is 5.69 Å². The van der Waals surface area contributed by atoms with Gasteiger partial charge >= 0.3 is 0 Å². The maximum Gasteiger partial charge on any atom is 0.228 e. The molecular formula is C18H17FNO3-. The SMILES string of the molecule is C[C@H](c1ccccc1)[C@@H](CC(=O)[O-])C(=O)Nc1ccc(F)cc1. The van der Waals surface area contributed by atoms with E-state index >= 15 is 0 Å². The summed E-state index contributed by atoms with van der Waals surface area (Å²) in [4.78, 5) is 23.5. The van der Waals surface area contributed by atoms with E-state index in [4.69, 9.17) is 0 Å². The summed E-state index contributed by atoms with van der Waals surface area (Å²) in [6, 6.07) is 14.5. The van der Waals surface area contributed by atoms with Gasteiger partial charge < -0.3 is 15.2 Å². The largest absolute Gasteiger partial charge is 0.550 e. The lowest BCUT2D eigenvalue weighted by atomic mass is 9.84. The number of amides is 1. The molecule has 23 heavy (non-hydrogen) atoms. The summed E-state index contributed by atoms with van der Waals surface area (Å²) in [6.45, 7) is 1.80. The van der Waals surface area contributed by atoms with Crippen molar-refractivity contribution in [3.05, 3.63) is 66.0 Å². The first kappa shape index (κ1) is 16.7. The molecule has 2 aromatic rings. The van der Waals surface area contributed by atoms with Gasteiger partial charge in [-0.3, -0.25) is 4.79 Å². The summed E-state index contributed by atoms with van der Waals surface area (Å²) < 4.78 is 12.9. The van der Waals surface area contributed by atoms with Gasteiger partial charge in [-0.1, -0.05) is 37.3 Å². The van der Waals surface area contributed by atoms with Gasteiger partial charge in [0.2, 0.25) is 5.91 Å².